The third-order valence-electron chi connectivity index (χ3n) is 3.40. The molecule has 0 aliphatic rings. The van der Waals surface area contributed by atoms with Gasteiger partial charge in [0.15, 0.2) is 0 Å². The molecule has 0 aliphatic heterocycles. The van der Waals surface area contributed by atoms with Gasteiger partial charge in [-0.1, -0.05) is 30.4 Å². The topological polar surface area (TPSA) is 50.9 Å². The minimum atomic E-state index is 0.392. The van der Waals surface area contributed by atoms with Crippen molar-refractivity contribution in [3.8, 4) is 0 Å². The largest absolute Gasteiger partial charge is 0.389 e. The number of thiophene rings is 1. The fourth-order valence-electron chi connectivity index (χ4n) is 2.22. The second kappa shape index (κ2) is 5.79. The summed E-state index contributed by atoms with van der Waals surface area (Å²) in [5.41, 5.74) is 10.2. The lowest BCUT2D eigenvalue weighted by molar-refractivity contribution is 1.11. The zero-order valence-corrected chi connectivity index (χ0v) is 13.2. The maximum absolute atomic E-state index is 5.84. The van der Waals surface area contributed by atoms with E-state index in [4.69, 9.17) is 18.0 Å². The van der Waals surface area contributed by atoms with Gasteiger partial charge in [-0.15, -0.1) is 0 Å². The van der Waals surface area contributed by atoms with Gasteiger partial charge in [-0.3, -0.25) is 0 Å². The molecule has 0 saturated heterocycles. The average Bonchev–Trinajstić information content (AvgIpc) is 2.89. The highest BCUT2D eigenvalue weighted by molar-refractivity contribution is 7.80. The van der Waals surface area contributed by atoms with E-state index < -0.39 is 0 Å². The van der Waals surface area contributed by atoms with Crippen LogP contribution in [0, 0.1) is 6.92 Å². The predicted octanol–water partition coefficient (Wildman–Crippen LogP) is 3.85. The van der Waals surface area contributed by atoms with Gasteiger partial charge in [-0.25, -0.2) is 4.98 Å². The number of rotatable bonds is 4. The Labute approximate surface area is 132 Å². The van der Waals surface area contributed by atoms with Crippen molar-refractivity contribution in [2.75, 3.05) is 5.32 Å². The number of para-hydroxylation sites is 1. The summed E-state index contributed by atoms with van der Waals surface area (Å²) in [5, 5.41) is 8.64. The maximum atomic E-state index is 5.84. The standard InChI is InChI=1S/C16H15N3S2/c1-10-8-21-9-11(10)7-18-15-6-13(16(17)20)12-4-2-3-5-14(12)19-15/h2-6,8-9H,7H2,1H3,(H2,17,20)(H,18,19). The van der Waals surface area contributed by atoms with Crippen LogP contribution in [-0.4, -0.2) is 9.97 Å². The van der Waals surface area contributed by atoms with E-state index in [1.54, 1.807) is 11.3 Å². The molecule has 0 radical (unpaired) electrons. The highest BCUT2D eigenvalue weighted by Crippen LogP contribution is 2.22. The Morgan fingerprint density at radius 3 is 2.86 bits per heavy atom. The molecule has 0 amide bonds. The normalized spacial score (nSPS) is 10.7. The van der Waals surface area contributed by atoms with Gasteiger partial charge in [0, 0.05) is 17.5 Å². The predicted molar refractivity (Wildman–Crippen MR) is 94.0 cm³/mol. The Hall–Kier alpha value is -1.98. The Morgan fingerprint density at radius 2 is 2.14 bits per heavy atom. The molecule has 0 fully saturated rings. The number of thiocarbonyl (C=S) groups is 1. The quantitative estimate of drug-likeness (QED) is 0.718. The highest BCUT2D eigenvalue weighted by atomic mass is 32.1. The van der Waals surface area contributed by atoms with Crippen LogP contribution in [-0.2, 0) is 6.54 Å². The van der Waals surface area contributed by atoms with Crippen molar-refractivity contribution in [3.05, 3.63) is 57.8 Å². The molecule has 21 heavy (non-hydrogen) atoms. The second-order valence-electron chi connectivity index (χ2n) is 4.87. The van der Waals surface area contributed by atoms with Crippen LogP contribution in [0.25, 0.3) is 10.9 Å². The monoisotopic (exact) mass is 313 g/mol. The molecule has 1 aromatic carbocycles. The summed E-state index contributed by atoms with van der Waals surface area (Å²) >= 11 is 6.87. The van der Waals surface area contributed by atoms with Gasteiger partial charge >= 0.3 is 0 Å². The number of nitrogens with zero attached hydrogens (tertiary/aromatic N) is 1. The van der Waals surface area contributed by atoms with Crippen LogP contribution in [0.1, 0.15) is 16.7 Å². The van der Waals surface area contributed by atoms with Crippen molar-refractivity contribution >= 4 is 45.3 Å². The van der Waals surface area contributed by atoms with E-state index in [0.717, 1.165) is 28.8 Å². The fraction of sp³-hybridized carbons (Fsp3) is 0.125. The van der Waals surface area contributed by atoms with Gasteiger partial charge in [0.25, 0.3) is 0 Å². The van der Waals surface area contributed by atoms with Gasteiger partial charge in [0.1, 0.15) is 10.8 Å². The first-order valence-electron chi connectivity index (χ1n) is 6.60. The molecule has 3 aromatic rings. The number of anilines is 1. The number of nitrogens with two attached hydrogens (primary N) is 1. The Morgan fingerprint density at radius 1 is 1.33 bits per heavy atom. The summed E-state index contributed by atoms with van der Waals surface area (Å²) in [6.45, 7) is 2.86. The van der Waals surface area contributed by atoms with Crippen LogP contribution >= 0.6 is 23.6 Å². The minimum Gasteiger partial charge on any atom is -0.389 e. The van der Waals surface area contributed by atoms with E-state index in [2.05, 4.69) is 28.0 Å². The van der Waals surface area contributed by atoms with Crippen molar-refractivity contribution in [1.29, 1.82) is 0 Å². The molecule has 5 heteroatoms. The third kappa shape index (κ3) is 2.89. The molecule has 3 N–H and O–H groups in total. The molecule has 0 saturated carbocycles. The lowest BCUT2D eigenvalue weighted by Crippen LogP contribution is -2.12. The number of hydrogen-bond acceptors (Lipinski definition) is 4. The van der Waals surface area contributed by atoms with Gasteiger partial charge in [-0.2, -0.15) is 11.3 Å². The second-order valence-corrected chi connectivity index (χ2v) is 6.05. The van der Waals surface area contributed by atoms with E-state index >= 15 is 0 Å². The van der Waals surface area contributed by atoms with E-state index in [9.17, 15) is 0 Å². The molecule has 3 nitrogen and oxygen atoms in total. The molecule has 2 aromatic heterocycles. The van der Waals surface area contributed by atoms with Crippen LogP contribution in [0.15, 0.2) is 41.1 Å². The van der Waals surface area contributed by atoms with Gasteiger partial charge < -0.3 is 11.1 Å². The van der Waals surface area contributed by atoms with Crippen LogP contribution in [0.5, 0.6) is 0 Å². The van der Waals surface area contributed by atoms with Gasteiger partial charge in [0.2, 0.25) is 0 Å². The van der Waals surface area contributed by atoms with E-state index in [1.807, 2.05) is 30.3 Å². The number of nitrogens with one attached hydrogen (secondary N) is 1. The molecule has 0 spiro atoms. The third-order valence-corrected chi connectivity index (χ3v) is 4.53. The summed E-state index contributed by atoms with van der Waals surface area (Å²) in [6, 6.07) is 9.81. The Kier molecular flexibility index (Phi) is 3.86. The van der Waals surface area contributed by atoms with Crippen LogP contribution in [0.4, 0.5) is 5.82 Å². The lowest BCUT2D eigenvalue weighted by Gasteiger charge is -2.10. The number of fused-ring (bicyclic) bond motifs is 1. The molecule has 0 aliphatic carbocycles. The van der Waals surface area contributed by atoms with Crippen LogP contribution < -0.4 is 11.1 Å². The zero-order chi connectivity index (χ0) is 14.8. The van der Waals surface area contributed by atoms with E-state index in [0.29, 0.717) is 4.99 Å². The SMILES string of the molecule is Cc1cscc1CNc1cc(C(N)=S)c2ccccc2n1. The van der Waals surface area contributed by atoms with Crippen molar-refractivity contribution < 1.29 is 0 Å². The number of aromatic nitrogens is 1. The van der Waals surface area contributed by atoms with Crippen molar-refractivity contribution in [3.63, 3.8) is 0 Å². The van der Waals surface area contributed by atoms with Crippen LogP contribution in [0.3, 0.4) is 0 Å². The first kappa shape index (κ1) is 14.0. The lowest BCUT2D eigenvalue weighted by atomic mass is 10.1. The van der Waals surface area contributed by atoms with E-state index in [-0.39, 0.29) is 0 Å². The summed E-state index contributed by atoms with van der Waals surface area (Å²) < 4.78 is 0. The van der Waals surface area contributed by atoms with Crippen LogP contribution in [0.2, 0.25) is 0 Å². The van der Waals surface area contributed by atoms with Crippen molar-refractivity contribution in [2.24, 2.45) is 5.73 Å². The average molecular weight is 313 g/mol. The summed E-state index contributed by atoms with van der Waals surface area (Å²) in [6.07, 6.45) is 0. The van der Waals surface area contributed by atoms with Gasteiger partial charge in [0.05, 0.1) is 5.52 Å². The summed E-state index contributed by atoms with van der Waals surface area (Å²) in [4.78, 5) is 5.02. The van der Waals surface area contributed by atoms with E-state index in [1.165, 1.54) is 11.1 Å². The fourth-order valence-corrected chi connectivity index (χ4v) is 3.25. The molecule has 0 atom stereocenters. The maximum Gasteiger partial charge on any atom is 0.127 e. The number of pyridine rings is 1. The summed E-state index contributed by atoms with van der Waals surface area (Å²) in [7, 11) is 0. The molecular formula is C16H15N3S2. The first-order valence-corrected chi connectivity index (χ1v) is 7.95. The smallest absolute Gasteiger partial charge is 0.127 e. The molecule has 2 heterocycles. The summed E-state index contributed by atoms with van der Waals surface area (Å²) in [5.74, 6) is 0.794. The zero-order valence-electron chi connectivity index (χ0n) is 11.6. The van der Waals surface area contributed by atoms with Gasteiger partial charge in [-0.05, 0) is 40.9 Å². The minimum absolute atomic E-state index is 0.392. The van der Waals surface area contributed by atoms with Crippen molar-refractivity contribution in [2.45, 2.75) is 13.5 Å². The highest BCUT2D eigenvalue weighted by Gasteiger charge is 2.08. The van der Waals surface area contributed by atoms with Crippen molar-refractivity contribution in [1.82, 2.24) is 4.98 Å². The molecular weight excluding hydrogens is 298 g/mol. The molecule has 0 bridgehead atoms. The number of hydrogen-bond donors (Lipinski definition) is 2. The Balaban J connectivity index is 1.95. The molecule has 3 rings (SSSR count). The molecule has 106 valence electrons. The first-order chi connectivity index (χ1) is 10.1. The molecule has 0 unspecified atom stereocenters. The number of aryl methyl sites for hydroxylation is 1. The number of benzene rings is 1. The Bertz CT molecular complexity index is 808.